The van der Waals surface area contributed by atoms with Crippen LogP contribution < -0.4 is 21.3 Å². The Morgan fingerprint density at radius 1 is 0.557 bits per heavy atom. The highest BCUT2D eigenvalue weighted by atomic mass is 16.7. The number of likely N-dealkylation sites (N-methyl/N-ethyl adjacent to an activating group) is 2. The Morgan fingerprint density at radius 3 is 1.25 bits per heavy atom. The summed E-state index contributed by atoms with van der Waals surface area (Å²) in [7, 11) is 3.07. The number of nitrogens with zero attached hydrogens (tertiary/aromatic N) is 2. The summed E-state index contributed by atoms with van der Waals surface area (Å²) in [5.41, 5.74) is 2.11. The minimum atomic E-state index is -0.723. The Bertz CT molecular complexity index is 1830. The van der Waals surface area contributed by atoms with E-state index in [0.29, 0.717) is 30.7 Å². The molecule has 3 rings (SSSR count). The van der Waals surface area contributed by atoms with Crippen molar-refractivity contribution in [1.29, 1.82) is 0 Å². The number of aryl methyl sites for hydroxylation is 2. The largest absolute Gasteiger partial charge is 0.357 e. The van der Waals surface area contributed by atoms with Crippen LogP contribution in [0.2, 0.25) is 0 Å². The van der Waals surface area contributed by atoms with Crippen molar-refractivity contribution in [3.05, 3.63) is 108 Å². The second kappa shape index (κ2) is 25.2. The fraction of sp³-hybridized carbons (Fsp3) is 0.489. The van der Waals surface area contributed by atoms with Crippen molar-refractivity contribution in [2.45, 2.75) is 99.8 Å². The first-order chi connectivity index (χ1) is 28.7. The lowest BCUT2D eigenvalue weighted by atomic mass is 9.85. The van der Waals surface area contributed by atoms with E-state index < -0.39 is 40.7 Å². The summed E-state index contributed by atoms with van der Waals surface area (Å²) in [4.78, 5) is 80.4. The van der Waals surface area contributed by atoms with E-state index in [1.54, 1.807) is 7.05 Å². The maximum atomic E-state index is 13.4. The zero-order chi connectivity index (χ0) is 45.8. The molecule has 0 bridgehead atoms. The molecule has 6 amide bonds. The smallest absolute Gasteiger partial charge is 0.243 e. The average molecular weight is 845 g/mol. The molecule has 334 valence electrons. The van der Waals surface area contributed by atoms with Gasteiger partial charge in [0.1, 0.15) is 18.7 Å². The molecule has 0 saturated carbocycles. The van der Waals surface area contributed by atoms with E-state index in [4.69, 9.17) is 4.84 Å². The highest BCUT2D eigenvalue weighted by molar-refractivity contribution is 5.90. The number of nitrogens with one attached hydrogen (secondary N) is 4. The third-order valence-electron chi connectivity index (χ3n) is 10.0. The van der Waals surface area contributed by atoms with Gasteiger partial charge in [0.25, 0.3) is 0 Å². The summed E-state index contributed by atoms with van der Waals surface area (Å²) in [5, 5.41) is 22.5. The third-order valence-corrected chi connectivity index (χ3v) is 10.0. The molecule has 0 aliphatic heterocycles. The van der Waals surface area contributed by atoms with E-state index in [1.165, 1.54) is 26.0 Å². The van der Waals surface area contributed by atoms with Gasteiger partial charge in [-0.2, -0.15) is 0 Å². The van der Waals surface area contributed by atoms with Crippen LogP contribution in [0.15, 0.2) is 91.0 Å². The lowest BCUT2D eigenvalue weighted by Gasteiger charge is -2.32. The van der Waals surface area contributed by atoms with Crippen LogP contribution in [0.5, 0.6) is 0 Å². The van der Waals surface area contributed by atoms with Crippen molar-refractivity contribution in [1.82, 2.24) is 31.4 Å². The minimum Gasteiger partial charge on any atom is -0.357 e. The topological polar surface area (TPSA) is 186 Å². The molecule has 0 spiro atoms. The van der Waals surface area contributed by atoms with Crippen molar-refractivity contribution < 1.29 is 38.8 Å². The number of hydrogen-bond donors (Lipinski definition) is 5. The van der Waals surface area contributed by atoms with Gasteiger partial charge in [-0.25, -0.2) is 10.1 Å². The van der Waals surface area contributed by atoms with Gasteiger partial charge in [0, 0.05) is 27.9 Å². The zero-order valence-electron chi connectivity index (χ0n) is 37.6. The molecule has 0 fully saturated rings. The van der Waals surface area contributed by atoms with Gasteiger partial charge in [-0.1, -0.05) is 133 Å². The molecule has 5 N–H and O–H groups in total. The molecule has 3 aromatic carbocycles. The number of amides is 6. The van der Waals surface area contributed by atoms with Gasteiger partial charge in [0.05, 0.1) is 24.9 Å². The van der Waals surface area contributed by atoms with Crippen LogP contribution in [-0.4, -0.2) is 90.0 Å². The van der Waals surface area contributed by atoms with Crippen molar-refractivity contribution in [3.8, 4) is 0 Å². The Labute approximate surface area is 362 Å². The van der Waals surface area contributed by atoms with E-state index >= 15 is 0 Å². The third kappa shape index (κ3) is 18.7. The molecule has 14 nitrogen and oxygen atoms in total. The Hall–Kier alpha value is -5.60. The number of carbonyl (C=O) groups excluding carboxylic acids is 6. The highest BCUT2D eigenvalue weighted by Crippen LogP contribution is 2.23. The number of hydrogen-bond acceptors (Lipinski definition) is 8. The molecule has 0 radical (unpaired) electrons. The molecule has 0 heterocycles. The van der Waals surface area contributed by atoms with Crippen molar-refractivity contribution in [2.75, 3.05) is 27.2 Å². The van der Waals surface area contributed by atoms with Crippen molar-refractivity contribution in [2.24, 2.45) is 22.7 Å². The molecule has 3 aromatic rings. The summed E-state index contributed by atoms with van der Waals surface area (Å²) in [5.74, 6) is -3.22. The molecule has 0 aliphatic carbocycles. The summed E-state index contributed by atoms with van der Waals surface area (Å²) in [6, 6.07) is 27.6. The van der Waals surface area contributed by atoms with Gasteiger partial charge in [-0.05, 0) is 53.2 Å². The minimum absolute atomic E-state index is 0.0887. The lowest BCUT2D eigenvalue weighted by molar-refractivity contribution is -0.193. The number of rotatable bonds is 19. The lowest BCUT2D eigenvalue weighted by Crippen LogP contribution is -2.55. The fourth-order valence-corrected chi connectivity index (χ4v) is 6.28. The Balaban J connectivity index is 0.000000432. The van der Waals surface area contributed by atoms with Gasteiger partial charge >= 0.3 is 0 Å². The number of carbonyl (C=O) groups is 6. The zero-order valence-corrected chi connectivity index (χ0v) is 37.6. The molecule has 14 heteroatoms. The SMILES string of the molecule is CNC(=O)[C@@H](NC(=O)[C@H](CCc1ccccc1)CN(O)C(C)=O)C(C)(C)C.CNC(=O)[C@@H](NC(=O)[C@H](CCc1ccccc1)CN(OCc1ccccc1)C(C)=O)C(C)(C)C. The first-order valence-electron chi connectivity index (χ1n) is 20.7. The van der Waals surface area contributed by atoms with Crippen LogP contribution in [0, 0.1) is 22.7 Å². The van der Waals surface area contributed by atoms with E-state index in [9.17, 15) is 34.0 Å². The van der Waals surface area contributed by atoms with Gasteiger partial charge in [-0.3, -0.25) is 38.8 Å². The Kier molecular flexibility index (Phi) is 21.3. The second-order valence-corrected chi connectivity index (χ2v) is 17.2. The van der Waals surface area contributed by atoms with Gasteiger partial charge in [0.15, 0.2) is 0 Å². The normalized spacial score (nSPS) is 13.2. The van der Waals surface area contributed by atoms with Crippen LogP contribution >= 0.6 is 0 Å². The molecular weight excluding hydrogens is 777 g/mol. The average Bonchev–Trinajstić information content (AvgIpc) is 3.22. The quantitative estimate of drug-likeness (QED) is 0.0801. The summed E-state index contributed by atoms with van der Waals surface area (Å²) in [6.07, 6.45) is 2.21. The van der Waals surface area contributed by atoms with Crippen LogP contribution in [-0.2, 0) is 53.1 Å². The van der Waals surface area contributed by atoms with Crippen LogP contribution in [0.1, 0.15) is 84.9 Å². The highest BCUT2D eigenvalue weighted by Gasteiger charge is 2.36. The monoisotopic (exact) mass is 845 g/mol. The fourth-order valence-electron chi connectivity index (χ4n) is 6.28. The predicted molar refractivity (Wildman–Crippen MR) is 235 cm³/mol. The molecule has 0 unspecified atom stereocenters. The van der Waals surface area contributed by atoms with Gasteiger partial charge in [0.2, 0.25) is 35.4 Å². The van der Waals surface area contributed by atoms with Gasteiger partial charge < -0.3 is 21.3 Å². The molecule has 4 atom stereocenters. The van der Waals surface area contributed by atoms with Crippen molar-refractivity contribution in [3.63, 3.8) is 0 Å². The van der Waals surface area contributed by atoms with Crippen molar-refractivity contribution >= 4 is 35.4 Å². The molecule has 61 heavy (non-hydrogen) atoms. The van der Waals surface area contributed by atoms with E-state index in [2.05, 4.69) is 21.3 Å². The van der Waals surface area contributed by atoms with Crippen LogP contribution in [0.3, 0.4) is 0 Å². The standard InChI is InChI=1S/C27H37N3O4.C20H31N3O4/c1-20(31)30(34-19-22-14-10-7-11-15-22)18-23(17-16-21-12-8-6-9-13-21)25(32)29-24(26(33)28-5)27(2,3)4;1-14(24)23(27)13-16(12-11-15-9-7-6-8-10-15)18(25)22-17(19(26)21-5)20(2,3)4/h6-15,23-24H,16-19H2,1-5H3,(H,28,33)(H,29,32);6-10,16-17,27H,11-13H2,1-5H3,(H,21,26)(H,22,25)/t23-,24-;16-,17-/m11/s1. The van der Waals surface area contributed by atoms with Crippen LogP contribution in [0.4, 0.5) is 0 Å². The number of benzene rings is 3. The first kappa shape index (κ1) is 51.5. The van der Waals surface area contributed by atoms with E-state index in [1.807, 2.05) is 133 Å². The van der Waals surface area contributed by atoms with E-state index in [0.717, 1.165) is 16.7 Å². The maximum Gasteiger partial charge on any atom is 0.243 e. The van der Waals surface area contributed by atoms with Crippen LogP contribution in [0.25, 0.3) is 0 Å². The molecule has 0 aromatic heterocycles. The molecular formula is C47H68N6O8. The number of hydroxylamine groups is 4. The second-order valence-electron chi connectivity index (χ2n) is 17.2. The molecule has 0 saturated heterocycles. The molecule has 0 aliphatic rings. The summed E-state index contributed by atoms with van der Waals surface area (Å²) < 4.78 is 0. The van der Waals surface area contributed by atoms with E-state index in [-0.39, 0.29) is 49.2 Å². The predicted octanol–water partition coefficient (Wildman–Crippen LogP) is 5.24. The van der Waals surface area contributed by atoms with Gasteiger partial charge in [-0.15, -0.1) is 0 Å². The summed E-state index contributed by atoms with van der Waals surface area (Å²) >= 11 is 0. The maximum absolute atomic E-state index is 13.4. The first-order valence-corrected chi connectivity index (χ1v) is 20.7. The summed E-state index contributed by atoms with van der Waals surface area (Å²) in [6.45, 7) is 14.1. The Morgan fingerprint density at radius 2 is 0.918 bits per heavy atom.